The summed E-state index contributed by atoms with van der Waals surface area (Å²) in [4.78, 5) is -0.255. The minimum Gasteiger partial charge on any atom is -0.497 e. The van der Waals surface area contributed by atoms with Crippen molar-refractivity contribution in [3.8, 4) is 5.75 Å². The topological polar surface area (TPSA) is 65.0 Å². The highest BCUT2D eigenvalue weighted by Crippen LogP contribution is 2.25. The molecule has 0 aromatic heterocycles. The van der Waals surface area contributed by atoms with E-state index >= 15 is 0 Å². The molecule has 0 aliphatic carbocycles. The summed E-state index contributed by atoms with van der Waals surface area (Å²) < 4.78 is 74.6. The summed E-state index contributed by atoms with van der Waals surface area (Å²) in [7, 11) is -3.13. The average Bonchev–Trinajstić information content (AvgIpc) is 2.85. The lowest BCUT2D eigenvalue weighted by molar-refractivity contribution is -0.0597. The first-order valence-corrected chi connectivity index (χ1v) is 13.9. The second kappa shape index (κ2) is 14.9. The normalized spacial score (nSPS) is 12.5. The molecule has 5 nitrogen and oxygen atoms in total. The zero-order chi connectivity index (χ0) is 26.4. The molecule has 0 atom stereocenters. The van der Waals surface area contributed by atoms with Crippen molar-refractivity contribution in [1.82, 2.24) is 0 Å². The van der Waals surface area contributed by atoms with Crippen molar-refractivity contribution in [3.63, 3.8) is 0 Å². The van der Waals surface area contributed by atoms with E-state index in [0.29, 0.717) is 5.75 Å². The molecule has 0 bridgehead atoms. The van der Waals surface area contributed by atoms with Crippen molar-refractivity contribution in [2.45, 2.75) is 88.6 Å². The van der Waals surface area contributed by atoms with Crippen molar-refractivity contribution in [3.05, 3.63) is 59.7 Å². The maximum absolute atomic E-state index is 13.5. The number of unbranched alkanes of at least 4 members (excludes halogenated alkanes) is 9. The quantitative estimate of drug-likeness (QED) is 0.127. The van der Waals surface area contributed by atoms with Gasteiger partial charge in [-0.25, -0.2) is 0 Å². The Labute approximate surface area is 212 Å². The van der Waals surface area contributed by atoms with E-state index in [-0.39, 0.29) is 10.5 Å². The van der Waals surface area contributed by atoms with Gasteiger partial charge < -0.3 is 4.74 Å². The van der Waals surface area contributed by atoms with E-state index in [1.807, 2.05) is 0 Å². The number of hydrogen-bond acceptors (Lipinski definition) is 5. The van der Waals surface area contributed by atoms with Gasteiger partial charge in [-0.1, -0.05) is 82.0 Å². The number of oxime groups is 1. The number of rotatable bonds is 16. The van der Waals surface area contributed by atoms with Gasteiger partial charge in [0, 0.05) is 5.56 Å². The summed E-state index contributed by atoms with van der Waals surface area (Å²) in [6, 6.07) is 10.9. The molecule has 0 amide bonds. The van der Waals surface area contributed by atoms with E-state index in [1.165, 1.54) is 82.7 Å². The van der Waals surface area contributed by atoms with Crippen molar-refractivity contribution in [2.75, 3.05) is 7.11 Å². The molecule has 0 radical (unpaired) electrons. The second-order valence-electron chi connectivity index (χ2n) is 8.77. The van der Waals surface area contributed by atoms with Crippen molar-refractivity contribution in [2.24, 2.45) is 5.16 Å². The standard InChI is InChI=1S/C27H36F3NO4S/c1-3-4-5-6-7-8-9-10-11-12-13-22-14-20-25(21-15-22)36(32,33)35-31-26(27(28,29)30)23-16-18-24(34-2)19-17-23/h14-21H,3-13H2,1-2H3/b31-26-. The van der Waals surface area contributed by atoms with Crippen LogP contribution in [-0.2, 0) is 20.8 Å². The summed E-state index contributed by atoms with van der Waals surface area (Å²) in [6.45, 7) is 2.22. The fourth-order valence-electron chi connectivity index (χ4n) is 3.79. The summed E-state index contributed by atoms with van der Waals surface area (Å²) in [5.74, 6) is 0.353. The highest BCUT2D eigenvalue weighted by atomic mass is 32.2. The Balaban J connectivity index is 1.88. The van der Waals surface area contributed by atoms with Crippen LogP contribution in [0.25, 0.3) is 0 Å². The highest BCUT2D eigenvalue weighted by molar-refractivity contribution is 7.86. The highest BCUT2D eigenvalue weighted by Gasteiger charge is 2.38. The van der Waals surface area contributed by atoms with Gasteiger partial charge >= 0.3 is 16.3 Å². The zero-order valence-electron chi connectivity index (χ0n) is 21.0. The summed E-state index contributed by atoms with van der Waals surface area (Å²) in [6.07, 6.45) is 8.21. The van der Waals surface area contributed by atoms with Crippen LogP contribution in [0.1, 0.15) is 82.3 Å². The molecule has 0 aliphatic heterocycles. The SMILES string of the molecule is CCCCCCCCCCCCc1ccc(S(=O)(=O)O/N=C(/c2ccc(OC)cc2)C(F)(F)F)cc1. The van der Waals surface area contributed by atoms with Gasteiger partial charge in [-0.2, -0.15) is 21.6 Å². The third-order valence-electron chi connectivity index (χ3n) is 5.89. The number of aryl methyl sites for hydroxylation is 1. The van der Waals surface area contributed by atoms with Crippen molar-refractivity contribution < 1.29 is 30.6 Å². The van der Waals surface area contributed by atoms with Crippen LogP contribution in [0, 0.1) is 0 Å². The smallest absolute Gasteiger partial charge is 0.437 e. The fraction of sp³-hybridized carbons (Fsp3) is 0.519. The third-order valence-corrected chi connectivity index (χ3v) is 7.01. The molecule has 36 heavy (non-hydrogen) atoms. The van der Waals surface area contributed by atoms with Gasteiger partial charge in [0.1, 0.15) is 10.6 Å². The monoisotopic (exact) mass is 527 g/mol. The predicted octanol–water partition coefficient (Wildman–Crippen LogP) is 7.83. The van der Waals surface area contributed by atoms with Crippen LogP contribution in [0.4, 0.5) is 13.2 Å². The molecule has 2 aromatic rings. The predicted molar refractivity (Wildman–Crippen MR) is 136 cm³/mol. The number of alkyl halides is 3. The minimum atomic E-state index is -4.91. The summed E-state index contributed by atoms with van der Waals surface area (Å²) in [5.41, 5.74) is -0.831. The van der Waals surface area contributed by atoms with Crippen molar-refractivity contribution in [1.29, 1.82) is 0 Å². The Kier molecular flexibility index (Phi) is 12.3. The molecule has 0 heterocycles. The lowest BCUT2D eigenvalue weighted by Gasteiger charge is -2.11. The lowest BCUT2D eigenvalue weighted by atomic mass is 10.0. The zero-order valence-corrected chi connectivity index (χ0v) is 21.8. The van der Waals surface area contributed by atoms with Crippen LogP contribution in [0.15, 0.2) is 58.6 Å². The first kappa shape index (κ1) is 29.7. The van der Waals surface area contributed by atoms with Gasteiger partial charge in [0.2, 0.25) is 0 Å². The Hall–Kier alpha value is -2.55. The van der Waals surface area contributed by atoms with Gasteiger partial charge in [-0.15, -0.1) is 0 Å². The molecular formula is C27H36F3NO4S. The van der Waals surface area contributed by atoms with Crippen LogP contribution >= 0.6 is 0 Å². The number of ether oxygens (including phenoxy) is 1. The van der Waals surface area contributed by atoms with Gasteiger partial charge in [-0.3, -0.25) is 4.28 Å². The van der Waals surface area contributed by atoms with E-state index < -0.39 is 22.0 Å². The summed E-state index contributed by atoms with van der Waals surface area (Å²) in [5, 5.41) is 2.96. The van der Waals surface area contributed by atoms with Crippen LogP contribution in [0.2, 0.25) is 0 Å². The molecule has 200 valence electrons. The van der Waals surface area contributed by atoms with Crippen LogP contribution < -0.4 is 4.74 Å². The third kappa shape index (κ3) is 10.2. The molecule has 0 unspecified atom stereocenters. The van der Waals surface area contributed by atoms with Crippen LogP contribution in [0.5, 0.6) is 5.75 Å². The molecule has 0 N–H and O–H groups in total. The Morgan fingerprint density at radius 2 is 1.33 bits per heavy atom. The molecule has 0 fully saturated rings. The van der Waals surface area contributed by atoms with E-state index in [1.54, 1.807) is 12.1 Å². The van der Waals surface area contributed by atoms with Crippen molar-refractivity contribution >= 4 is 15.8 Å². The van der Waals surface area contributed by atoms with E-state index in [0.717, 1.165) is 37.0 Å². The number of nitrogens with zero attached hydrogens (tertiary/aromatic N) is 1. The Bertz CT molecular complexity index is 1030. The Morgan fingerprint density at radius 3 is 1.83 bits per heavy atom. The second-order valence-corrected chi connectivity index (χ2v) is 10.3. The molecule has 9 heteroatoms. The average molecular weight is 528 g/mol. The van der Waals surface area contributed by atoms with E-state index in [2.05, 4.69) is 16.4 Å². The molecule has 2 aromatic carbocycles. The van der Waals surface area contributed by atoms with Gasteiger partial charge in [-0.05, 0) is 54.8 Å². The molecule has 2 rings (SSSR count). The van der Waals surface area contributed by atoms with Gasteiger partial charge in [0.05, 0.1) is 7.11 Å². The molecule has 0 aliphatic rings. The van der Waals surface area contributed by atoms with Gasteiger partial charge in [0.25, 0.3) is 0 Å². The Morgan fingerprint density at radius 1 is 0.806 bits per heavy atom. The molecule has 0 saturated heterocycles. The fourth-order valence-corrected chi connectivity index (χ4v) is 4.51. The largest absolute Gasteiger partial charge is 0.497 e. The maximum atomic E-state index is 13.5. The first-order chi connectivity index (χ1) is 17.2. The molecular weight excluding hydrogens is 491 g/mol. The minimum absolute atomic E-state index is 0.255. The molecule has 0 spiro atoms. The number of halogens is 3. The van der Waals surface area contributed by atoms with E-state index in [9.17, 15) is 21.6 Å². The van der Waals surface area contributed by atoms with Gasteiger partial charge in [0.15, 0.2) is 5.71 Å². The number of hydrogen-bond donors (Lipinski definition) is 0. The number of benzene rings is 2. The number of methoxy groups -OCH3 is 1. The lowest BCUT2D eigenvalue weighted by Crippen LogP contribution is -2.25. The first-order valence-electron chi connectivity index (χ1n) is 12.5. The van der Waals surface area contributed by atoms with E-state index in [4.69, 9.17) is 4.74 Å². The molecule has 0 saturated carbocycles. The van der Waals surface area contributed by atoms with Crippen LogP contribution in [-0.4, -0.2) is 27.4 Å². The maximum Gasteiger partial charge on any atom is 0.437 e. The van der Waals surface area contributed by atoms with Crippen LogP contribution in [0.3, 0.4) is 0 Å². The summed E-state index contributed by atoms with van der Waals surface area (Å²) >= 11 is 0.